The standard InChI is InChI=1S/C32H47N3O5S2.ClH/c1-4-40-30-14-18-32(19-15-30)42(38,39)35-23-9-21-33(26-29-10-6-5-7-11-29)20-8-22-34(24-28(3)25-35)41(36,37)31-16-12-27(2)13-17-31;/h12-19,29H,3-11,20-26H2,1-2H3;1H. The maximum absolute atomic E-state index is 13.8. The molecule has 2 aromatic carbocycles. The molecule has 0 N–H and O–H groups in total. The molecular formula is C32H48ClN3O5S2. The second-order valence-corrected chi connectivity index (χ2v) is 15.5. The predicted molar refractivity (Wildman–Crippen MR) is 175 cm³/mol. The summed E-state index contributed by atoms with van der Waals surface area (Å²) in [5.74, 6) is 1.26. The summed E-state index contributed by atoms with van der Waals surface area (Å²) in [6, 6.07) is 13.4. The van der Waals surface area contributed by atoms with Gasteiger partial charge in [0, 0.05) is 32.7 Å². The second kappa shape index (κ2) is 16.4. The third-order valence-electron chi connectivity index (χ3n) is 8.24. The summed E-state index contributed by atoms with van der Waals surface area (Å²) in [6.07, 6.45) is 7.67. The molecule has 1 aliphatic heterocycles. The Morgan fingerprint density at radius 1 is 0.744 bits per heavy atom. The molecule has 4 rings (SSSR count). The van der Waals surface area contributed by atoms with E-state index in [1.807, 2.05) is 13.8 Å². The lowest BCUT2D eigenvalue weighted by atomic mass is 9.89. The molecule has 0 atom stereocenters. The van der Waals surface area contributed by atoms with Gasteiger partial charge in [0.15, 0.2) is 0 Å². The Hall–Kier alpha value is -1.95. The Bertz CT molecular complexity index is 1380. The van der Waals surface area contributed by atoms with Crippen molar-refractivity contribution in [3.8, 4) is 5.75 Å². The quantitative estimate of drug-likeness (QED) is 0.338. The molecule has 0 unspecified atom stereocenters. The third kappa shape index (κ3) is 9.77. The lowest BCUT2D eigenvalue weighted by Crippen LogP contribution is -2.42. The van der Waals surface area contributed by atoms with Crippen molar-refractivity contribution in [3.05, 3.63) is 66.2 Å². The molecule has 0 spiro atoms. The highest BCUT2D eigenvalue weighted by molar-refractivity contribution is 7.89. The van der Waals surface area contributed by atoms with Crippen LogP contribution < -0.4 is 4.74 Å². The van der Waals surface area contributed by atoms with E-state index in [9.17, 15) is 16.8 Å². The van der Waals surface area contributed by atoms with E-state index in [2.05, 4.69) is 11.5 Å². The van der Waals surface area contributed by atoms with Crippen LogP contribution in [0.5, 0.6) is 5.75 Å². The number of rotatable bonds is 8. The fourth-order valence-electron chi connectivity index (χ4n) is 5.97. The van der Waals surface area contributed by atoms with Gasteiger partial charge in [-0.05, 0) is 101 Å². The number of nitrogens with zero attached hydrogens (tertiary/aromatic N) is 3. The molecule has 11 heteroatoms. The average molecular weight is 654 g/mol. The van der Waals surface area contributed by atoms with Gasteiger partial charge in [-0.1, -0.05) is 43.5 Å². The molecule has 1 heterocycles. The molecule has 0 bridgehead atoms. The number of aryl methyl sites for hydroxylation is 1. The van der Waals surface area contributed by atoms with Gasteiger partial charge in [-0.15, -0.1) is 12.4 Å². The molecular weight excluding hydrogens is 606 g/mol. The van der Waals surface area contributed by atoms with Crippen molar-refractivity contribution < 1.29 is 21.6 Å². The summed E-state index contributed by atoms with van der Waals surface area (Å²) >= 11 is 0. The Balaban J connectivity index is 0.00000506. The lowest BCUT2D eigenvalue weighted by molar-refractivity contribution is 0.188. The molecule has 1 aliphatic carbocycles. The van der Waals surface area contributed by atoms with Gasteiger partial charge in [0.25, 0.3) is 0 Å². The van der Waals surface area contributed by atoms with Crippen molar-refractivity contribution in [2.45, 2.75) is 68.6 Å². The number of benzene rings is 2. The van der Waals surface area contributed by atoms with Gasteiger partial charge in [0.2, 0.25) is 20.0 Å². The van der Waals surface area contributed by atoms with Crippen molar-refractivity contribution in [1.82, 2.24) is 13.5 Å². The van der Waals surface area contributed by atoms with Crippen LogP contribution in [0, 0.1) is 12.8 Å². The number of hydrogen-bond donors (Lipinski definition) is 0. The zero-order valence-corrected chi connectivity index (χ0v) is 28.1. The van der Waals surface area contributed by atoms with Crippen LogP contribution in [0.1, 0.15) is 57.4 Å². The average Bonchev–Trinajstić information content (AvgIpc) is 2.96. The smallest absolute Gasteiger partial charge is 0.243 e. The highest BCUT2D eigenvalue weighted by atomic mass is 35.5. The first-order valence-electron chi connectivity index (χ1n) is 15.3. The monoisotopic (exact) mass is 653 g/mol. The minimum atomic E-state index is -3.84. The second-order valence-electron chi connectivity index (χ2n) is 11.7. The zero-order valence-electron chi connectivity index (χ0n) is 25.6. The van der Waals surface area contributed by atoms with Crippen LogP contribution in [0.4, 0.5) is 0 Å². The van der Waals surface area contributed by atoms with E-state index < -0.39 is 20.0 Å². The minimum absolute atomic E-state index is 0. The number of hydrogen-bond acceptors (Lipinski definition) is 6. The van der Waals surface area contributed by atoms with Crippen LogP contribution in [-0.4, -0.2) is 82.8 Å². The van der Waals surface area contributed by atoms with E-state index in [0.29, 0.717) is 49.8 Å². The summed E-state index contributed by atoms with van der Waals surface area (Å²) in [6.45, 7) is 11.8. The van der Waals surface area contributed by atoms with E-state index in [-0.39, 0.29) is 35.3 Å². The molecule has 0 radical (unpaired) electrons. The van der Waals surface area contributed by atoms with Crippen LogP contribution >= 0.6 is 12.4 Å². The van der Waals surface area contributed by atoms with Crippen molar-refractivity contribution >= 4 is 32.5 Å². The van der Waals surface area contributed by atoms with E-state index in [4.69, 9.17) is 4.74 Å². The summed E-state index contributed by atoms with van der Waals surface area (Å²) < 4.78 is 63.7. The Morgan fingerprint density at radius 2 is 1.23 bits per heavy atom. The van der Waals surface area contributed by atoms with Crippen molar-refractivity contribution in [3.63, 3.8) is 0 Å². The van der Waals surface area contributed by atoms with Crippen molar-refractivity contribution in [2.24, 2.45) is 5.92 Å². The first kappa shape index (κ1) is 35.5. The summed E-state index contributed by atoms with van der Waals surface area (Å²) in [7, 11) is -7.63. The minimum Gasteiger partial charge on any atom is -0.494 e. The fraction of sp³-hybridized carbons (Fsp3) is 0.562. The predicted octanol–water partition coefficient (Wildman–Crippen LogP) is 5.73. The van der Waals surface area contributed by atoms with Crippen LogP contribution in [0.3, 0.4) is 0 Å². The Morgan fingerprint density at radius 3 is 1.72 bits per heavy atom. The van der Waals surface area contributed by atoms with E-state index in [1.165, 1.54) is 40.7 Å². The van der Waals surface area contributed by atoms with Gasteiger partial charge in [0.05, 0.1) is 16.4 Å². The summed E-state index contributed by atoms with van der Waals surface area (Å²) in [5.41, 5.74) is 1.53. The van der Waals surface area contributed by atoms with E-state index in [1.54, 1.807) is 48.5 Å². The maximum Gasteiger partial charge on any atom is 0.243 e. The largest absolute Gasteiger partial charge is 0.494 e. The van der Waals surface area contributed by atoms with Crippen LogP contribution in [0.15, 0.2) is 70.5 Å². The summed E-state index contributed by atoms with van der Waals surface area (Å²) in [4.78, 5) is 2.85. The van der Waals surface area contributed by atoms with Gasteiger partial charge < -0.3 is 9.64 Å². The zero-order chi connectivity index (χ0) is 30.2. The van der Waals surface area contributed by atoms with Gasteiger partial charge in [0.1, 0.15) is 5.75 Å². The highest BCUT2D eigenvalue weighted by Gasteiger charge is 2.30. The molecule has 1 saturated heterocycles. The summed E-state index contributed by atoms with van der Waals surface area (Å²) in [5, 5.41) is 0. The Labute approximate surface area is 265 Å². The van der Waals surface area contributed by atoms with Crippen molar-refractivity contribution in [1.29, 1.82) is 0 Å². The van der Waals surface area contributed by atoms with Gasteiger partial charge in [-0.25, -0.2) is 16.8 Å². The van der Waals surface area contributed by atoms with Crippen molar-refractivity contribution in [2.75, 3.05) is 52.4 Å². The SMILES string of the molecule is C=C1CN(S(=O)(=O)c2ccc(C)cc2)CCCN(CC2CCCCC2)CCCN(S(=O)(=O)c2ccc(OCC)cc2)C1.Cl. The van der Waals surface area contributed by atoms with Crippen LogP contribution in [0.25, 0.3) is 0 Å². The van der Waals surface area contributed by atoms with Gasteiger partial charge in [-0.2, -0.15) is 8.61 Å². The highest BCUT2D eigenvalue weighted by Crippen LogP contribution is 2.26. The lowest BCUT2D eigenvalue weighted by Gasteiger charge is -2.33. The van der Waals surface area contributed by atoms with Crippen LogP contribution in [-0.2, 0) is 20.0 Å². The van der Waals surface area contributed by atoms with Gasteiger partial charge >= 0.3 is 0 Å². The molecule has 8 nitrogen and oxygen atoms in total. The third-order valence-corrected chi connectivity index (χ3v) is 12.0. The topological polar surface area (TPSA) is 87.2 Å². The molecule has 0 amide bonds. The molecule has 2 aromatic rings. The number of ether oxygens (including phenoxy) is 1. The van der Waals surface area contributed by atoms with Crippen LogP contribution in [0.2, 0.25) is 0 Å². The maximum atomic E-state index is 13.8. The Kier molecular flexibility index (Phi) is 13.5. The molecule has 240 valence electrons. The molecule has 2 fully saturated rings. The molecule has 0 aromatic heterocycles. The first-order valence-corrected chi connectivity index (χ1v) is 18.2. The fourth-order valence-corrected chi connectivity index (χ4v) is 8.97. The molecule has 43 heavy (non-hydrogen) atoms. The molecule has 2 aliphatic rings. The van der Waals surface area contributed by atoms with E-state index in [0.717, 1.165) is 25.2 Å². The molecule has 1 saturated carbocycles. The van der Waals surface area contributed by atoms with Gasteiger partial charge in [-0.3, -0.25) is 0 Å². The first-order chi connectivity index (χ1) is 20.1. The number of sulfonamides is 2. The van der Waals surface area contributed by atoms with E-state index >= 15 is 0 Å². The normalized spacial score (nSPS) is 19.6. The number of halogens is 1.